The molecule has 2 heterocycles. The molecule has 37 heavy (non-hydrogen) atoms. The number of sulfonamides is 1. The third kappa shape index (κ3) is 5.19. The van der Waals surface area contributed by atoms with E-state index in [-0.39, 0.29) is 11.3 Å². The average molecular weight is 531 g/mol. The van der Waals surface area contributed by atoms with Gasteiger partial charge in [-0.1, -0.05) is 6.07 Å². The Hall–Kier alpha value is -4.19. The van der Waals surface area contributed by atoms with Gasteiger partial charge in [-0.15, -0.1) is 0 Å². The highest BCUT2D eigenvalue weighted by Gasteiger charge is 2.32. The summed E-state index contributed by atoms with van der Waals surface area (Å²) in [6, 6.07) is 9.20. The van der Waals surface area contributed by atoms with Gasteiger partial charge in [0.25, 0.3) is 10.0 Å². The number of carbonyl (C=O) groups is 1. The predicted octanol–water partition coefficient (Wildman–Crippen LogP) is 4.77. The van der Waals surface area contributed by atoms with E-state index in [1.807, 2.05) is 6.92 Å². The molecule has 0 N–H and O–H groups in total. The summed E-state index contributed by atoms with van der Waals surface area (Å²) in [4.78, 5) is 14.4. The topological polar surface area (TPSA) is 94.4 Å². The van der Waals surface area contributed by atoms with Crippen molar-refractivity contribution < 1.29 is 31.1 Å². The number of hydrogen-bond donors (Lipinski definition) is 0. The summed E-state index contributed by atoms with van der Waals surface area (Å²) in [5.41, 5.74) is 0.870. The molecule has 4 rings (SSSR count). The van der Waals surface area contributed by atoms with Crippen LogP contribution in [-0.4, -0.2) is 35.9 Å². The number of aromatic nitrogens is 3. The molecule has 8 nitrogen and oxygen atoms in total. The van der Waals surface area contributed by atoms with E-state index in [1.54, 1.807) is 35.4 Å². The minimum absolute atomic E-state index is 0.0562. The van der Waals surface area contributed by atoms with Crippen LogP contribution in [0.2, 0.25) is 0 Å². The van der Waals surface area contributed by atoms with Crippen LogP contribution in [0, 0.1) is 17.5 Å². The fourth-order valence-electron chi connectivity index (χ4n) is 3.63. The zero-order chi connectivity index (χ0) is 26.7. The quantitative estimate of drug-likeness (QED) is 0.241. The molecule has 0 amide bonds. The molecule has 0 aliphatic carbocycles. The molecular formula is C25H21F3N4O4S. The van der Waals surface area contributed by atoms with E-state index in [0.29, 0.717) is 34.1 Å². The standard InChI is InChI=1S/C25H21F3N4O4S/c1-3-31-14-20(17-9-11-29-12-10-17)25(30-31)19-5-4-6-22(24(19)28)32(15-36-16(2)33)37(34,35)23-13-18(26)7-8-21(23)27/h4-14H,3,15H2,1-2H3. The minimum atomic E-state index is -4.92. The minimum Gasteiger partial charge on any atom is -0.443 e. The third-order valence-electron chi connectivity index (χ3n) is 5.43. The predicted molar refractivity (Wildman–Crippen MR) is 129 cm³/mol. The van der Waals surface area contributed by atoms with Crippen LogP contribution in [0.1, 0.15) is 13.8 Å². The number of nitrogens with zero attached hydrogens (tertiary/aromatic N) is 4. The largest absolute Gasteiger partial charge is 0.443 e. The Labute approximate surface area is 211 Å². The lowest BCUT2D eigenvalue weighted by molar-refractivity contribution is -0.140. The molecule has 12 heteroatoms. The Morgan fingerprint density at radius 1 is 1.05 bits per heavy atom. The molecule has 0 unspecified atom stereocenters. The average Bonchev–Trinajstić information content (AvgIpc) is 3.31. The smallest absolute Gasteiger partial charge is 0.304 e. The van der Waals surface area contributed by atoms with Gasteiger partial charge in [-0.25, -0.2) is 25.9 Å². The molecule has 0 saturated heterocycles. The van der Waals surface area contributed by atoms with E-state index in [1.165, 1.54) is 12.1 Å². The highest BCUT2D eigenvalue weighted by Crippen LogP contribution is 2.37. The molecule has 0 aliphatic rings. The van der Waals surface area contributed by atoms with Crippen LogP contribution in [0.3, 0.4) is 0 Å². The lowest BCUT2D eigenvalue weighted by atomic mass is 10.0. The van der Waals surface area contributed by atoms with E-state index >= 15 is 4.39 Å². The van der Waals surface area contributed by atoms with Crippen LogP contribution in [0.5, 0.6) is 0 Å². The van der Waals surface area contributed by atoms with Gasteiger partial charge in [-0.2, -0.15) is 5.10 Å². The molecule has 192 valence electrons. The van der Waals surface area contributed by atoms with Gasteiger partial charge in [0.15, 0.2) is 12.5 Å². The number of aryl methyl sites for hydroxylation is 1. The summed E-state index contributed by atoms with van der Waals surface area (Å²) in [6.07, 6.45) is 4.85. The zero-order valence-electron chi connectivity index (χ0n) is 19.7. The summed E-state index contributed by atoms with van der Waals surface area (Å²) >= 11 is 0. The normalized spacial score (nSPS) is 11.4. The van der Waals surface area contributed by atoms with E-state index in [4.69, 9.17) is 4.74 Å². The van der Waals surface area contributed by atoms with Crippen LogP contribution in [0.25, 0.3) is 22.4 Å². The first-order valence-corrected chi connectivity index (χ1v) is 12.5. The van der Waals surface area contributed by atoms with E-state index in [2.05, 4.69) is 10.1 Å². The summed E-state index contributed by atoms with van der Waals surface area (Å²) in [5, 5.41) is 4.45. The number of hydrogen-bond acceptors (Lipinski definition) is 6. The van der Waals surface area contributed by atoms with Crippen molar-refractivity contribution >= 4 is 21.7 Å². The van der Waals surface area contributed by atoms with Gasteiger partial charge in [0.2, 0.25) is 0 Å². The van der Waals surface area contributed by atoms with Crippen molar-refractivity contribution in [3.8, 4) is 22.4 Å². The second-order valence-electron chi connectivity index (χ2n) is 7.81. The van der Waals surface area contributed by atoms with Crippen molar-refractivity contribution in [3.05, 3.63) is 84.6 Å². The molecule has 0 spiro atoms. The first-order valence-electron chi connectivity index (χ1n) is 11.0. The first kappa shape index (κ1) is 25.9. The van der Waals surface area contributed by atoms with Crippen LogP contribution < -0.4 is 4.31 Å². The molecule has 0 bridgehead atoms. The SMILES string of the molecule is CCn1cc(-c2ccncc2)c(-c2cccc(N(COC(C)=O)S(=O)(=O)c3cc(F)ccc3F)c2F)n1. The van der Waals surface area contributed by atoms with Crippen molar-refractivity contribution in [2.45, 2.75) is 25.3 Å². The van der Waals surface area contributed by atoms with Crippen molar-refractivity contribution in [2.24, 2.45) is 0 Å². The summed E-state index contributed by atoms with van der Waals surface area (Å²) < 4.78 is 78.0. The van der Waals surface area contributed by atoms with Crippen molar-refractivity contribution in [1.82, 2.24) is 14.8 Å². The van der Waals surface area contributed by atoms with Crippen molar-refractivity contribution in [1.29, 1.82) is 0 Å². The van der Waals surface area contributed by atoms with Gasteiger partial charge >= 0.3 is 5.97 Å². The van der Waals surface area contributed by atoms with E-state index in [9.17, 15) is 22.0 Å². The summed E-state index contributed by atoms with van der Waals surface area (Å²) in [7, 11) is -4.92. The molecule has 2 aromatic heterocycles. The van der Waals surface area contributed by atoms with Gasteiger partial charge in [0.05, 0.1) is 5.69 Å². The second kappa shape index (κ2) is 10.4. The van der Waals surface area contributed by atoms with Crippen molar-refractivity contribution in [2.75, 3.05) is 11.0 Å². The fraction of sp³-hybridized carbons (Fsp3) is 0.160. The number of ether oxygens (including phenoxy) is 1. The molecule has 4 aromatic rings. The number of anilines is 1. The van der Waals surface area contributed by atoms with Crippen LogP contribution >= 0.6 is 0 Å². The Balaban J connectivity index is 1.90. The Bertz CT molecular complexity index is 1560. The maximum atomic E-state index is 16.1. The Morgan fingerprint density at radius 2 is 1.78 bits per heavy atom. The first-order chi connectivity index (χ1) is 17.6. The lowest BCUT2D eigenvalue weighted by Gasteiger charge is -2.25. The third-order valence-corrected chi connectivity index (χ3v) is 7.18. The monoisotopic (exact) mass is 530 g/mol. The van der Waals surface area contributed by atoms with E-state index < -0.39 is 50.8 Å². The Kier molecular flexibility index (Phi) is 7.30. The molecule has 0 atom stereocenters. The molecule has 0 aliphatic heterocycles. The number of benzene rings is 2. The maximum Gasteiger partial charge on any atom is 0.304 e. The van der Waals surface area contributed by atoms with Gasteiger partial charge in [0, 0.05) is 43.2 Å². The number of rotatable bonds is 8. The van der Waals surface area contributed by atoms with E-state index in [0.717, 1.165) is 19.1 Å². The van der Waals surface area contributed by atoms with Crippen LogP contribution in [0.4, 0.5) is 18.9 Å². The maximum absolute atomic E-state index is 16.1. The zero-order valence-corrected chi connectivity index (χ0v) is 20.5. The summed E-state index contributed by atoms with van der Waals surface area (Å²) in [6.45, 7) is 2.37. The second-order valence-corrected chi connectivity index (χ2v) is 9.65. The van der Waals surface area contributed by atoms with Gasteiger partial charge < -0.3 is 4.74 Å². The number of esters is 1. The number of carbonyl (C=O) groups excluding carboxylic acids is 1. The van der Waals surface area contributed by atoms with Crippen LogP contribution in [0.15, 0.2) is 72.0 Å². The summed E-state index contributed by atoms with van der Waals surface area (Å²) in [5.74, 6) is -4.16. The van der Waals surface area contributed by atoms with Gasteiger partial charge in [-0.3, -0.25) is 14.5 Å². The molecule has 0 saturated carbocycles. The molecule has 0 radical (unpaired) electrons. The van der Waals surface area contributed by atoms with Gasteiger partial charge in [-0.05, 0) is 55.0 Å². The number of pyridine rings is 1. The fourth-order valence-corrected chi connectivity index (χ4v) is 5.04. The highest BCUT2D eigenvalue weighted by atomic mass is 32.2. The Morgan fingerprint density at radius 3 is 2.46 bits per heavy atom. The number of halogens is 3. The highest BCUT2D eigenvalue weighted by molar-refractivity contribution is 7.92. The molecule has 2 aromatic carbocycles. The molecule has 0 fully saturated rings. The van der Waals surface area contributed by atoms with Crippen LogP contribution in [-0.2, 0) is 26.1 Å². The molecular weight excluding hydrogens is 509 g/mol. The van der Waals surface area contributed by atoms with Crippen molar-refractivity contribution in [3.63, 3.8) is 0 Å². The van der Waals surface area contributed by atoms with Gasteiger partial charge in [0.1, 0.15) is 22.2 Å². The lowest BCUT2D eigenvalue weighted by Crippen LogP contribution is -2.35.